The minimum Gasteiger partial charge on any atom is -0.462 e. The summed E-state index contributed by atoms with van der Waals surface area (Å²) in [5.41, 5.74) is 1.69. The zero-order valence-corrected chi connectivity index (χ0v) is 15.6. The zero-order valence-electron chi connectivity index (χ0n) is 14.8. The molecular weight excluding hydrogens is 348 g/mol. The van der Waals surface area contributed by atoms with E-state index in [4.69, 9.17) is 4.74 Å². The maximum absolute atomic E-state index is 12.9. The van der Waals surface area contributed by atoms with Gasteiger partial charge in [-0.1, -0.05) is 37.2 Å². The van der Waals surface area contributed by atoms with Crippen molar-refractivity contribution in [3.63, 3.8) is 0 Å². The Kier molecular flexibility index (Phi) is 5.73. The van der Waals surface area contributed by atoms with Crippen molar-refractivity contribution in [2.24, 2.45) is 0 Å². The Morgan fingerprint density at radius 3 is 2.58 bits per heavy atom. The molecule has 0 amide bonds. The number of unbranched alkanes of at least 4 members (excludes halogenated alkanes) is 1. The lowest BCUT2D eigenvalue weighted by Crippen LogP contribution is -2.21. The Hall–Kier alpha value is -2.60. The number of para-hydroxylation sites is 1. The predicted molar refractivity (Wildman–Crippen MR) is 104 cm³/mol. The molecule has 0 spiro atoms. The number of fused-ring (bicyclic) bond motifs is 1. The molecule has 1 aromatic heterocycles. The van der Waals surface area contributed by atoms with Gasteiger partial charge in [0.05, 0.1) is 28.8 Å². The number of benzene rings is 2. The second-order valence-corrected chi connectivity index (χ2v) is 6.57. The monoisotopic (exact) mass is 368 g/mol. The summed E-state index contributed by atoms with van der Waals surface area (Å²) in [4.78, 5) is 29.5. The summed E-state index contributed by atoms with van der Waals surface area (Å²) in [6.07, 6.45) is 3.70. The normalized spacial score (nSPS) is 10.8. The number of rotatable bonds is 6. The average molecular weight is 368 g/mol. The number of hydrogen-bond donors (Lipinski definition) is 0. The smallest absolute Gasteiger partial charge is 0.338 e. The Morgan fingerprint density at radius 2 is 1.88 bits per heavy atom. The number of carbonyl (C=O) groups excluding carboxylic acids is 1. The lowest BCUT2D eigenvalue weighted by molar-refractivity contribution is 0.0500. The summed E-state index contributed by atoms with van der Waals surface area (Å²) < 4.78 is 6.79. The first kappa shape index (κ1) is 18.2. The van der Waals surface area contributed by atoms with Crippen LogP contribution in [0.5, 0.6) is 0 Å². The molecule has 0 bridgehead atoms. The zero-order chi connectivity index (χ0) is 18.5. The summed E-state index contributed by atoms with van der Waals surface area (Å²) in [6.45, 7) is 2.46. The Balaban J connectivity index is 1.98. The quantitative estimate of drug-likeness (QED) is 0.284. The third-order valence-electron chi connectivity index (χ3n) is 4.02. The van der Waals surface area contributed by atoms with E-state index in [9.17, 15) is 9.59 Å². The molecule has 0 aliphatic rings. The molecule has 3 aromatic rings. The van der Waals surface area contributed by atoms with Crippen LogP contribution in [0.4, 0.5) is 0 Å². The number of ether oxygens (including phenoxy) is 1. The van der Waals surface area contributed by atoms with Gasteiger partial charge in [-0.3, -0.25) is 9.36 Å². The van der Waals surface area contributed by atoms with Crippen LogP contribution < -0.4 is 5.56 Å². The van der Waals surface area contributed by atoms with E-state index in [1.54, 1.807) is 34.9 Å². The largest absolute Gasteiger partial charge is 0.462 e. The molecule has 0 unspecified atom stereocenters. The van der Waals surface area contributed by atoms with Gasteiger partial charge in [-0.2, -0.15) is 0 Å². The van der Waals surface area contributed by atoms with E-state index in [0.717, 1.165) is 12.8 Å². The minimum atomic E-state index is -0.348. The molecule has 6 heteroatoms. The van der Waals surface area contributed by atoms with E-state index in [1.807, 2.05) is 31.4 Å². The first-order valence-electron chi connectivity index (χ1n) is 8.49. The third-order valence-corrected chi connectivity index (χ3v) is 4.66. The number of thioether (sulfide) groups is 1. The molecule has 134 valence electrons. The van der Waals surface area contributed by atoms with Gasteiger partial charge in [-0.15, -0.1) is 0 Å². The lowest BCUT2D eigenvalue weighted by atomic mass is 10.2. The Labute approximate surface area is 156 Å². The van der Waals surface area contributed by atoms with E-state index in [-0.39, 0.29) is 11.5 Å². The Morgan fingerprint density at radius 1 is 1.15 bits per heavy atom. The van der Waals surface area contributed by atoms with Gasteiger partial charge in [-0.25, -0.2) is 9.78 Å². The molecule has 0 atom stereocenters. The van der Waals surface area contributed by atoms with Gasteiger partial charge in [0, 0.05) is 0 Å². The molecule has 1 heterocycles. The fraction of sp³-hybridized carbons (Fsp3) is 0.250. The maximum Gasteiger partial charge on any atom is 0.338 e. The van der Waals surface area contributed by atoms with Crippen LogP contribution in [0, 0.1) is 0 Å². The van der Waals surface area contributed by atoms with Crippen molar-refractivity contribution in [2.75, 3.05) is 12.9 Å². The number of nitrogens with zero attached hydrogens (tertiary/aromatic N) is 2. The van der Waals surface area contributed by atoms with Crippen LogP contribution in [-0.2, 0) is 4.74 Å². The highest BCUT2D eigenvalue weighted by Crippen LogP contribution is 2.19. The molecule has 5 nitrogen and oxygen atoms in total. The van der Waals surface area contributed by atoms with Crippen LogP contribution in [0.1, 0.15) is 30.1 Å². The van der Waals surface area contributed by atoms with Gasteiger partial charge < -0.3 is 4.74 Å². The average Bonchev–Trinajstić information content (AvgIpc) is 2.68. The van der Waals surface area contributed by atoms with Gasteiger partial charge in [-0.05, 0) is 49.1 Å². The second-order valence-electron chi connectivity index (χ2n) is 5.79. The topological polar surface area (TPSA) is 61.2 Å². The van der Waals surface area contributed by atoms with E-state index in [1.165, 1.54) is 11.8 Å². The van der Waals surface area contributed by atoms with Gasteiger partial charge in [0.1, 0.15) is 0 Å². The molecule has 0 fully saturated rings. The van der Waals surface area contributed by atoms with Crippen molar-refractivity contribution in [3.05, 3.63) is 64.4 Å². The molecular formula is C20H20N2O3S. The van der Waals surface area contributed by atoms with Gasteiger partial charge in [0.25, 0.3) is 5.56 Å². The van der Waals surface area contributed by atoms with Crippen molar-refractivity contribution in [1.82, 2.24) is 9.55 Å². The summed E-state index contributed by atoms with van der Waals surface area (Å²) in [6, 6.07) is 14.1. The van der Waals surface area contributed by atoms with Gasteiger partial charge >= 0.3 is 5.97 Å². The highest BCUT2D eigenvalue weighted by molar-refractivity contribution is 7.98. The van der Waals surface area contributed by atoms with Crippen molar-refractivity contribution in [2.45, 2.75) is 24.9 Å². The molecule has 0 saturated heterocycles. The summed E-state index contributed by atoms with van der Waals surface area (Å²) in [5, 5.41) is 1.17. The number of carbonyl (C=O) groups is 1. The fourth-order valence-electron chi connectivity index (χ4n) is 2.62. The van der Waals surface area contributed by atoms with E-state index in [0.29, 0.717) is 33.9 Å². The highest BCUT2D eigenvalue weighted by Gasteiger charge is 2.13. The van der Waals surface area contributed by atoms with Crippen molar-refractivity contribution in [3.8, 4) is 5.69 Å². The lowest BCUT2D eigenvalue weighted by Gasteiger charge is -2.12. The summed E-state index contributed by atoms with van der Waals surface area (Å²) in [5.74, 6) is -0.348. The standard InChI is InChI=1S/C20H20N2O3S/c1-3-4-13-25-19(24)14-9-11-15(12-10-14)22-18(23)16-7-5-6-8-17(16)21-20(22)26-2/h5-12H,3-4,13H2,1-2H3. The van der Waals surface area contributed by atoms with E-state index >= 15 is 0 Å². The molecule has 3 rings (SSSR count). The number of esters is 1. The van der Waals surface area contributed by atoms with Crippen molar-refractivity contribution >= 4 is 28.6 Å². The highest BCUT2D eigenvalue weighted by atomic mass is 32.2. The third kappa shape index (κ3) is 3.65. The first-order chi connectivity index (χ1) is 12.7. The van der Waals surface area contributed by atoms with Crippen LogP contribution in [0.25, 0.3) is 16.6 Å². The van der Waals surface area contributed by atoms with E-state index < -0.39 is 0 Å². The number of hydrogen-bond acceptors (Lipinski definition) is 5. The molecule has 2 aromatic carbocycles. The second kappa shape index (κ2) is 8.19. The molecule has 0 N–H and O–H groups in total. The summed E-state index contributed by atoms with van der Waals surface area (Å²) in [7, 11) is 0. The van der Waals surface area contributed by atoms with Crippen molar-refractivity contribution in [1.29, 1.82) is 0 Å². The molecule has 0 aliphatic carbocycles. The van der Waals surface area contributed by atoms with Crippen molar-refractivity contribution < 1.29 is 9.53 Å². The van der Waals surface area contributed by atoms with Crippen LogP contribution in [0.3, 0.4) is 0 Å². The summed E-state index contributed by atoms with van der Waals surface area (Å²) >= 11 is 1.40. The molecule has 0 saturated carbocycles. The van der Waals surface area contributed by atoms with E-state index in [2.05, 4.69) is 4.98 Å². The number of aromatic nitrogens is 2. The molecule has 0 radical (unpaired) electrons. The van der Waals surface area contributed by atoms with Crippen LogP contribution in [-0.4, -0.2) is 28.4 Å². The van der Waals surface area contributed by atoms with Crippen LogP contribution in [0.15, 0.2) is 58.5 Å². The predicted octanol–water partition coefficient (Wildman–Crippen LogP) is 4.06. The minimum absolute atomic E-state index is 0.127. The Bertz CT molecular complexity index is 981. The van der Waals surface area contributed by atoms with Crippen LogP contribution >= 0.6 is 11.8 Å². The van der Waals surface area contributed by atoms with Gasteiger partial charge in [0.15, 0.2) is 5.16 Å². The molecule has 0 aliphatic heterocycles. The van der Waals surface area contributed by atoms with Gasteiger partial charge in [0.2, 0.25) is 0 Å². The molecule has 26 heavy (non-hydrogen) atoms. The maximum atomic E-state index is 12.9. The first-order valence-corrected chi connectivity index (χ1v) is 9.71. The fourth-order valence-corrected chi connectivity index (χ4v) is 3.18. The SMILES string of the molecule is CCCCOC(=O)c1ccc(-n2c(SC)nc3ccccc3c2=O)cc1. The van der Waals surface area contributed by atoms with Crippen LogP contribution in [0.2, 0.25) is 0 Å².